The number of aromatic nitrogens is 1. The first-order valence-electron chi connectivity index (χ1n) is 7.90. The van der Waals surface area contributed by atoms with Crippen molar-refractivity contribution in [3.63, 3.8) is 0 Å². The lowest BCUT2D eigenvalue weighted by Crippen LogP contribution is -2.40. The largest absolute Gasteiger partial charge is 0.504 e. The van der Waals surface area contributed by atoms with Crippen molar-refractivity contribution >= 4 is 10.8 Å². The number of pyridine rings is 1. The molecule has 4 rings (SSSR count). The zero-order valence-electron chi connectivity index (χ0n) is 13.9. The van der Waals surface area contributed by atoms with Gasteiger partial charge in [-0.2, -0.15) is 4.57 Å². The van der Waals surface area contributed by atoms with E-state index in [0.717, 1.165) is 40.6 Å². The van der Waals surface area contributed by atoms with Crippen molar-refractivity contribution in [2.24, 2.45) is 0 Å². The molecule has 3 aromatic rings. The molecule has 1 aliphatic rings. The quantitative estimate of drug-likeness (QED) is 0.493. The molecule has 1 aromatic heterocycles. The number of aryl methyl sites for hydroxylation is 2. The summed E-state index contributed by atoms with van der Waals surface area (Å²) < 4.78 is 12.8. The van der Waals surface area contributed by atoms with Crippen molar-refractivity contribution in [1.82, 2.24) is 0 Å². The number of rotatable bonds is 2. The monoisotopic (exact) mass is 340 g/mol. The third-order valence-corrected chi connectivity index (χ3v) is 4.68. The molecule has 25 heavy (non-hydrogen) atoms. The Kier molecular flexibility index (Phi) is 3.35. The van der Waals surface area contributed by atoms with Crippen molar-refractivity contribution in [1.29, 1.82) is 0 Å². The van der Waals surface area contributed by atoms with E-state index in [9.17, 15) is 15.3 Å². The highest BCUT2D eigenvalue weighted by molar-refractivity contribution is 5.93. The third kappa shape index (κ3) is 2.21. The van der Waals surface area contributed by atoms with Crippen LogP contribution < -0.4 is 14.0 Å². The average molecular weight is 340 g/mol. The van der Waals surface area contributed by atoms with Crippen LogP contribution in [-0.4, -0.2) is 29.5 Å². The maximum absolute atomic E-state index is 10.2. The molecular formula is C19H18NO5+. The summed E-state index contributed by atoms with van der Waals surface area (Å²) in [6.45, 7) is 0.731. The minimum atomic E-state index is -0.151. The van der Waals surface area contributed by atoms with Crippen LogP contribution in [0.2, 0.25) is 0 Å². The first-order valence-corrected chi connectivity index (χ1v) is 7.90. The molecular weight excluding hydrogens is 322 g/mol. The van der Waals surface area contributed by atoms with E-state index in [1.54, 1.807) is 18.2 Å². The van der Waals surface area contributed by atoms with Crippen LogP contribution in [-0.2, 0) is 13.0 Å². The maximum Gasteiger partial charge on any atom is 0.213 e. The zero-order chi connectivity index (χ0) is 17.7. The number of benzene rings is 2. The van der Waals surface area contributed by atoms with Crippen LogP contribution in [0.25, 0.3) is 22.0 Å². The van der Waals surface area contributed by atoms with E-state index < -0.39 is 0 Å². The van der Waals surface area contributed by atoms with Crippen LogP contribution in [0, 0.1) is 0 Å². The van der Waals surface area contributed by atoms with Gasteiger partial charge in [0.15, 0.2) is 35.7 Å². The fourth-order valence-electron chi connectivity index (χ4n) is 3.49. The number of phenolic OH excluding ortho intramolecular Hbond substituents is 3. The molecule has 2 heterocycles. The first-order chi connectivity index (χ1) is 12.0. The molecule has 0 saturated heterocycles. The van der Waals surface area contributed by atoms with Crippen molar-refractivity contribution in [2.75, 3.05) is 14.2 Å². The van der Waals surface area contributed by atoms with Gasteiger partial charge in [-0.25, -0.2) is 0 Å². The molecule has 0 unspecified atom stereocenters. The highest BCUT2D eigenvalue weighted by atomic mass is 16.5. The van der Waals surface area contributed by atoms with Crippen LogP contribution in [0.15, 0.2) is 30.5 Å². The van der Waals surface area contributed by atoms with E-state index in [0.29, 0.717) is 11.5 Å². The highest BCUT2D eigenvalue weighted by Crippen LogP contribution is 2.44. The summed E-state index contributed by atoms with van der Waals surface area (Å²) in [4.78, 5) is 0. The van der Waals surface area contributed by atoms with E-state index in [-0.39, 0.29) is 17.2 Å². The van der Waals surface area contributed by atoms with Gasteiger partial charge in [-0.05, 0) is 23.8 Å². The van der Waals surface area contributed by atoms with Crippen LogP contribution in [0.1, 0.15) is 5.56 Å². The normalized spacial score (nSPS) is 12.6. The molecule has 2 aromatic carbocycles. The second-order valence-electron chi connectivity index (χ2n) is 6.07. The number of aromatic hydroxyl groups is 3. The molecule has 1 aliphatic heterocycles. The van der Waals surface area contributed by atoms with Gasteiger partial charge in [0, 0.05) is 17.9 Å². The van der Waals surface area contributed by atoms with Gasteiger partial charge in [0.2, 0.25) is 11.4 Å². The summed E-state index contributed by atoms with van der Waals surface area (Å²) in [5.41, 5.74) is 2.73. The van der Waals surface area contributed by atoms with Gasteiger partial charge in [-0.15, -0.1) is 0 Å². The Morgan fingerprint density at radius 1 is 0.880 bits per heavy atom. The van der Waals surface area contributed by atoms with E-state index in [1.807, 2.05) is 12.3 Å². The number of hydrogen-bond acceptors (Lipinski definition) is 5. The lowest BCUT2D eigenvalue weighted by atomic mass is 9.95. The molecule has 0 atom stereocenters. The number of hydrogen-bond donors (Lipinski definition) is 3. The fraction of sp³-hybridized carbons (Fsp3) is 0.211. The Balaban J connectivity index is 2.03. The van der Waals surface area contributed by atoms with Crippen LogP contribution >= 0.6 is 0 Å². The number of methoxy groups -OCH3 is 2. The Morgan fingerprint density at radius 3 is 2.32 bits per heavy atom. The Hall–Kier alpha value is -3.15. The lowest BCUT2D eigenvalue weighted by Gasteiger charge is -2.18. The SMILES string of the molecule is COc1c(O)cc2cc3[n+](cc2c1OC)CCc1cc(O)c(O)cc1-3. The number of fused-ring (bicyclic) bond motifs is 4. The lowest BCUT2D eigenvalue weighted by molar-refractivity contribution is -0.686. The summed E-state index contributed by atoms with van der Waals surface area (Å²) in [6, 6.07) is 6.74. The number of ether oxygens (including phenoxy) is 2. The Morgan fingerprint density at radius 2 is 1.60 bits per heavy atom. The summed E-state index contributed by atoms with van der Waals surface area (Å²) in [7, 11) is 3.03. The van der Waals surface area contributed by atoms with E-state index in [4.69, 9.17) is 9.47 Å². The molecule has 3 N–H and O–H groups in total. The van der Waals surface area contributed by atoms with Crippen molar-refractivity contribution in [3.8, 4) is 40.0 Å². The van der Waals surface area contributed by atoms with Gasteiger partial charge in [-0.1, -0.05) is 0 Å². The van der Waals surface area contributed by atoms with Crippen molar-refractivity contribution in [3.05, 3.63) is 36.0 Å². The molecule has 0 spiro atoms. The van der Waals surface area contributed by atoms with E-state index >= 15 is 0 Å². The average Bonchev–Trinajstić information content (AvgIpc) is 2.60. The minimum Gasteiger partial charge on any atom is -0.504 e. The van der Waals surface area contributed by atoms with Gasteiger partial charge in [0.05, 0.1) is 25.2 Å². The molecule has 0 fully saturated rings. The number of phenols is 3. The Labute approximate surface area is 144 Å². The molecule has 6 nitrogen and oxygen atoms in total. The van der Waals surface area contributed by atoms with Gasteiger partial charge < -0.3 is 24.8 Å². The van der Waals surface area contributed by atoms with Gasteiger partial charge in [0.1, 0.15) is 0 Å². The predicted molar refractivity (Wildman–Crippen MR) is 91.4 cm³/mol. The molecule has 0 saturated carbocycles. The molecule has 128 valence electrons. The van der Waals surface area contributed by atoms with Crippen molar-refractivity contribution < 1.29 is 29.4 Å². The van der Waals surface area contributed by atoms with Gasteiger partial charge in [-0.3, -0.25) is 0 Å². The smallest absolute Gasteiger partial charge is 0.213 e. The third-order valence-electron chi connectivity index (χ3n) is 4.68. The second-order valence-corrected chi connectivity index (χ2v) is 6.07. The fourth-order valence-corrected chi connectivity index (χ4v) is 3.49. The van der Waals surface area contributed by atoms with Crippen LogP contribution in [0.3, 0.4) is 0 Å². The Bertz CT molecular complexity index is 1010. The van der Waals surface area contributed by atoms with Crippen LogP contribution in [0.5, 0.6) is 28.7 Å². The first kappa shape index (κ1) is 15.4. The van der Waals surface area contributed by atoms with E-state index in [1.165, 1.54) is 14.2 Å². The molecule has 0 radical (unpaired) electrons. The van der Waals surface area contributed by atoms with Crippen LogP contribution in [0.4, 0.5) is 0 Å². The summed E-state index contributed by atoms with van der Waals surface area (Å²) in [5.74, 6) is 0.516. The molecule has 6 heteroatoms. The second kappa shape index (κ2) is 5.44. The standard InChI is InChI=1S/C19H17NO5/c1-24-18-13-9-20-4-3-10-6-15(21)16(22)8-12(10)14(20)5-11(13)7-17(23)19(18)25-2/h5-9H,3-4H2,1-2H3,(H2,21,22,23)/p+1. The summed E-state index contributed by atoms with van der Waals surface area (Å²) in [5, 5.41) is 31.4. The molecule has 0 amide bonds. The summed E-state index contributed by atoms with van der Waals surface area (Å²) >= 11 is 0. The summed E-state index contributed by atoms with van der Waals surface area (Å²) in [6.07, 6.45) is 2.70. The predicted octanol–water partition coefficient (Wildman–Crippen LogP) is 2.48. The minimum absolute atomic E-state index is 0.00128. The van der Waals surface area contributed by atoms with Gasteiger partial charge in [0.25, 0.3) is 0 Å². The van der Waals surface area contributed by atoms with Gasteiger partial charge >= 0.3 is 0 Å². The van der Waals surface area contributed by atoms with E-state index in [2.05, 4.69) is 4.57 Å². The highest BCUT2D eigenvalue weighted by Gasteiger charge is 2.27. The zero-order valence-corrected chi connectivity index (χ0v) is 13.9. The van der Waals surface area contributed by atoms with Crippen molar-refractivity contribution in [2.45, 2.75) is 13.0 Å². The number of nitrogens with zero attached hydrogens (tertiary/aromatic N) is 1. The maximum atomic E-state index is 10.2. The molecule has 0 bridgehead atoms. The topological polar surface area (TPSA) is 83.0 Å². The molecule has 0 aliphatic carbocycles.